The number of hydrogen-bond acceptors (Lipinski definition) is 8. The molecule has 0 bridgehead atoms. The van der Waals surface area contributed by atoms with Crippen molar-refractivity contribution in [2.75, 3.05) is 84.7 Å². The van der Waals surface area contributed by atoms with Gasteiger partial charge in [0, 0.05) is 42.9 Å². The van der Waals surface area contributed by atoms with Gasteiger partial charge in [-0.2, -0.15) is 0 Å². The van der Waals surface area contributed by atoms with Gasteiger partial charge in [0.05, 0.1) is 30.8 Å². The molecular weight excluding hydrogens is 667 g/mol. The summed E-state index contributed by atoms with van der Waals surface area (Å²) >= 11 is 0. The lowest BCUT2D eigenvalue weighted by Crippen LogP contribution is -2.65. The van der Waals surface area contributed by atoms with Crippen LogP contribution in [0.3, 0.4) is 0 Å². The standard InChI is InChI=1S/C37H52F3N5O4S/c1-42(2)21-29-33(50(4,47)48)13-12-32(34(29)39)45-23-36(40,24-45)22-44-18-14-26(15-19-44)37(25-43-16-7-17-43,27-8-5-9-28(38)20-27)30-10-6-11-31(30)41-35(46)49-3/h5,8-9,12-13,20,26,30-31H,6-7,10-11,14-19,21-25H2,1-4H3,(H,41,46)/t30-,31-,37?/m0/s1. The number of amides is 1. The number of piperidine rings is 1. The van der Waals surface area contributed by atoms with Crippen LogP contribution in [0.2, 0.25) is 0 Å². The number of sulfone groups is 1. The first kappa shape index (κ1) is 36.9. The molecule has 1 amide bonds. The Morgan fingerprint density at radius 3 is 2.34 bits per heavy atom. The number of ether oxygens (including phenoxy) is 1. The predicted molar refractivity (Wildman–Crippen MR) is 188 cm³/mol. The molecule has 0 radical (unpaired) electrons. The number of halogens is 3. The number of carbonyl (C=O) groups excluding carboxylic acids is 1. The number of carbonyl (C=O) groups is 1. The van der Waals surface area contributed by atoms with Crippen molar-refractivity contribution in [3.8, 4) is 0 Å². The minimum Gasteiger partial charge on any atom is -0.453 e. The summed E-state index contributed by atoms with van der Waals surface area (Å²) in [4.78, 5) is 20.4. The van der Waals surface area contributed by atoms with Gasteiger partial charge in [-0.15, -0.1) is 0 Å². The number of alkyl carbamates (subject to hydrolysis) is 1. The number of methoxy groups -OCH3 is 1. The molecule has 3 aliphatic heterocycles. The summed E-state index contributed by atoms with van der Waals surface area (Å²) in [6.45, 7) is 4.51. The summed E-state index contributed by atoms with van der Waals surface area (Å²) in [5.74, 6) is -0.604. The molecule has 50 heavy (non-hydrogen) atoms. The van der Waals surface area contributed by atoms with Gasteiger partial charge in [0.25, 0.3) is 0 Å². The quantitative estimate of drug-likeness (QED) is 0.334. The highest BCUT2D eigenvalue weighted by atomic mass is 32.2. The average Bonchev–Trinajstić information content (AvgIpc) is 3.48. The van der Waals surface area contributed by atoms with E-state index in [4.69, 9.17) is 4.74 Å². The fourth-order valence-electron chi connectivity index (χ4n) is 9.30. The average molecular weight is 720 g/mol. The Labute approximate surface area is 295 Å². The van der Waals surface area contributed by atoms with Crippen molar-refractivity contribution in [1.82, 2.24) is 20.0 Å². The number of likely N-dealkylation sites (tertiary alicyclic amines) is 2. The lowest BCUT2D eigenvalue weighted by Gasteiger charge is -2.54. The third-order valence-corrected chi connectivity index (χ3v) is 12.8. The van der Waals surface area contributed by atoms with E-state index in [1.807, 2.05) is 6.07 Å². The van der Waals surface area contributed by atoms with Crippen LogP contribution >= 0.6 is 0 Å². The maximum atomic E-state index is 16.2. The number of nitrogens with zero attached hydrogens (tertiary/aromatic N) is 4. The van der Waals surface area contributed by atoms with E-state index in [0.717, 1.165) is 70.0 Å². The van der Waals surface area contributed by atoms with Gasteiger partial charge in [0.2, 0.25) is 0 Å². The molecule has 1 N–H and O–H groups in total. The number of rotatable bonds is 12. The Hall–Kier alpha value is -2.87. The molecule has 3 heterocycles. The predicted octanol–water partition coefficient (Wildman–Crippen LogP) is 4.84. The molecular formula is C37H52F3N5O4S. The highest BCUT2D eigenvalue weighted by Crippen LogP contribution is 2.52. The van der Waals surface area contributed by atoms with Crippen LogP contribution in [0.25, 0.3) is 0 Å². The molecule has 13 heteroatoms. The Morgan fingerprint density at radius 1 is 1.02 bits per heavy atom. The van der Waals surface area contributed by atoms with Crippen molar-refractivity contribution in [3.05, 3.63) is 59.2 Å². The molecule has 1 unspecified atom stereocenters. The molecule has 0 spiro atoms. The van der Waals surface area contributed by atoms with E-state index in [1.165, 1.54) is 25.3 Å². The van der Waals surface area contributed by atoms with Crippen LogP contribution in [-0.4, -0.2) is 121 Å². The van der Waals surface area contributed by atoms with Gasteiger partial charge in [-0.25, -0.2) is 26.4 Å². The molecule has 3 saturated heterocycles. The van der Waals surface area contributed by atoms with Crippen molar-refractivity contribution in [2.45, 2.75) is 67.1 Å². The number of benzene rings is 2. The first-order chi connectivity index (χ1) is 23.7. The molecule has 6 rings (SSSR count). The van der Waals surface area contributed by atoms with Crippen LogP contribution in [0.15, 0.2) is 41.3 Å². The molecule has 4 fully saturated rings. The molecule has 1 saturated carbocycles. The van der Waals surface area contributed by atoms with Crippen molar-refractivity contribution in [3.63, 3.8) is 0 Å². The summed E-state index contributed by atoms with van der Waals surface area (Å²) in [6.07, 6.45) is 6.08. The maximum absolute atomic E-state index is 16.2. The molecule has 276 valence electrons. The van der Waals surface area contributed by atoms with E-state index < -0.39 is 32.8 Å². The van der Waals surface area contributed by atoms with Crippen LogP contribution in [0, 0.1) is 23.5 Å². The minimum atomic E-state index is -3.64. The lowest BCUT2D eigenvalue weighted by atomic mass is 9.57. The number of hydrogen-bond donors (Lipinski definition) is 1. The molecule has 3 atom stereocenters. The van der Waals surface area contributed by atoms with Gasteiger partial charge in [-0.05, 0) is 114 Å². The van der Waals surface area contributed by atoms with Crippen LogP contribution in [0.5, 0.6) is 0 Å². The van der Waals surface area contributed by atoms with Gasteiger partial charge >= 0.3 is 6.09 Å². The fourth-order valence-corrected chi connectivity index (χ4v) is 10.2. The Balaban J connectivity index is 1.19. The SMILES string of the molecule is COC(=O)N[C@H]1CCC[C@@H]1C(CN1CCC1)(c1cccc(F)c1)C1CCN(CC2(F)CN(c3ccc(S(C)(=O)=O)c(CN(C)C)c3F)C2)CC1. The summed E-state index contributed by atoms with van der Waals surface area (Å²) in [7, 11) is 1.23. The highest BCUT2D eigenvalue weighted by Gasteiger charge is 2.54. The molecule has 2 aromatic carbocycles. The fraction of sp³-hybridized carbons (Fsp3) is 0.649. The van der Waals surface area contributed by atoms with Crippen molar-refractivity contribution < 1.29 is 31.1 Å². The lowest BCUT2D eigenvalue weighted by molar-refractivity contribution is 0.00575. The molecule has 0 aromatic heterocycles. The van der Waals surface area contributed by atoms with Gasteiger partial charge in [-0.1, -0.05) is 18.6 Å². The van der Waals surface area contributed by atoms with E-state index in [1.54, 1.807) is 36.0 Å². The second-order valence-electron chi connectivity index (χ2n) is 15.4. The zero-order chi connectivity index (χ0) is 35.8. The summed E-state index contributed by atoms with van der Waals surface area (Å²) < 4.78 is 76.7. The van der Waals surface area contributed by atoms with Gasteiger partial charge in [0.15, 0.2) is 21.3 Å². The highest BCUT2D eigenvalue weighted by molar-refractivity contribution is 7.90. The first-order valence-corrected chi connectivity index (χ1v) is 19.8. The summed E-state index contributed by atoms with van der Waals surface area (Å²) in [5.41, 5.74) is -0.648. The Morgan fingerprint density at radius 2 is 1.74 bits per heavy atom. The third-order valence-electron chi connectivity index (χ3n) is 11.6. The monoisotopic (exact) mass is 719 g/mol. The van der Waals surface area contributed by atoms with E-state index in [2.05, 4.69) is 15.1 Å². The van der Waals surface area contributed by atoms with Crippen molar-refractivity contribution >= 4 is 21.6 Å². The first-order valence-electron chi connectivity index (χ1n) is 17.9. The maximum Gasteiger partial charge on any atom is 0.407 e. The second kappa shape index (κ2) is 14.6. The van der Waals surface area contributed by atoms with Gasteiger partial charge in [-0.3, -0.25) is 4.90 Å². The summed E-state index contributed by atoms with van der Waals surface area (Å²) in [5, 5.41) is 3.12. The topological polar surface area (TPSA) is 85.4 Å². The van der Waals surface area contributed by atoms with Gasteiger partial charge in [0.1, 0.15) is 5.82 Å². The largest absolute Gasteiger partial charge is 0.453 e. The van der Waals surface area contributed by atoms with E-state index in [9.17, 15) is 17.6 Å². The number of nitrogens with one attached hydrogen (secondary N) is 1. The van der Waals surface area contributed by atoms with E-state index >= 15 is 8.78 Å². The van der Waals surface area contributed by atoms with Crippen LogP contribution in [0.1, 0.15) is 49.7 Å². The van der Waals surface area contributed by atoms with Crippen LogP contribution in [-0.2, 0) is 26.5 Å². The number of alkyl halides is 1. The van der Waals surface area contributed by atoms with Crippen LogP contribution in [0.4, 0.5) is 23.7 Å². The second-order valence-corrected chi connectivity index (χ2v) is 17.4. The van der Waals surface area contributed by atoms with Gasteiger partial charge < -0.3 is 24.8 Å². The Bertz CT molecular complexity index is 1640. The molecule has 9 nitrogen and oxygen atoms in total. The molecule has 2 aromatic rings. The minimum absolute atomic E-state index is 0.0224. The molecule has 4 aliphatic rings. The van der Waals surface area contributed by atoms with Crippen LogP contribution < -0.4 is 10.2 Å². The third kappa shape index (κ3) is 7.52. The zero-order valence-corrected chi connectivity index (χ0v) is 30.6. The normalized spacial score (nSPS) is 24.4. The van der Waals surface area contributed by atoms with E-state index in [-0.39, 0.29) is 66.0 Å². The van der Waals surface area contributed by atoms with E-state index in [0.29, 0.717) is 13.1 Å². The molecule has 1 aliphatic carbocycles. The Kier molecular flexibility index (Phi) is 10.8. The van der Waals surface area contributed by atoms with Crippen molar-refractivity contribution in [1.29, 1.82) is 0 Å². The summed E-state index contributed by atoms with van der Waals surface area (Å²) in [6, 6.07) is 9.79. The number of anilines is 1. The van der Waals surface area contributed by atoms with Crippen molar-refractivity contribution in [2.24, 2.45) is 11.8 Å². The zero-order valence-electron chi connectivity index (χ0n) is 29.8. The smallest absolute Gasteiger partial charge is 0.407 e.